The van der Waals surface area contributed by atoms with Gasteiger partial charge in [0.25, 0.3) is 5.91 Å². The zero-order valence-electron chi connectivity index (χ0n) is 11.5. The van der Waals surface area contributed by atoms with Crippen molar-refractivity contribution in [1.82, 2.24) is 9.88 Å². The second-order valence-electron chi connectivity index (χ2n) is 4.66. The number of aryl methyl sites for hydroxylation is 1. The maximum atomic E-state index is 13.2. The van der Waals surface area contributed by atoms with Crippen LogP contribution in [0.25, 0.3) is 0 Å². The SMILES string of the molecule is CCCn1cc(Br)cc1C(=O)NCc1cc(F)ccc1Br. The number of carbonyl (C=O) groups is 1. The second-order valence-corrected chi connectivity index (χ2v) is 6.43. The van der Waals surface area contributed by atoms with Crippen LogP contribution in [0.1, 0.15) is 29.4 Å². The fourth-order valence-corrected chi connectivity index (χ4v) is 2.89. The number of amides is 1. The zero-order chi connectivity index (χ0) is 15.4. The van der Waals surface area contributed by atoms with Crippen LogP contribution < -0.4 is 5.32 Å². The van der Waals surface area contributed by atoms with Gasteiger partial charge in [-0.1, -0.05) is 22.9 Å². The predicted molar refractivity (Wildman–Crippen MR) is 87.7 cm³/mol. The molecule has 112 valence electrons. The van der Waals surface area contributed by atoms with Gasteiger partial charge in [0, 0.05) is 28.2 Å². The van der Waals surface area contributed by atoms with Gasteiger partial charge in [0.05, 0.1) is 0 Å². The van der Waals surface area contributed by atoms with E-state index in [9.17, 15) is 9.18 Å². The minimum atomic E-state index is -0.320. The van der Waals surface area contributed by atoms with Gasteiger partial charge in [-0.2, -0.15) is 0 Å². The monoisotopic (exact) mass is 416 g/mol. The smallest absolute Gasteiger partial charge is 0.268 e. The highest BCUT2D eigenvalue weighted by Crippen LogP contribution is 2.19. The molecule has 0 saturated carbocycles. The van der Waals surface area contributed by atoms with E-state index in [1.165, 1.54) is 12.1 Å². The summed E-state index contributed by atoms with van der Waals surface area (Å²) >= 11 is 6.73. The molecule has 0 aliphatic heterocycles. The number of aromatic nitrogens is 1. The molecule has 0 atom stereocenters. The number of rotatable bonds is 5. The Kier molecular flexibility index (Phi) is 5.58. The quantitative estimate of drug-likeness (QED) is 0.763. The van der Waals surface area contributed by atoms with Crippen LogP contribution in [0.3, 0.4) is 0 Å². The Balaban J connectivity index is 2.10. The summed E-state index contributed by atoms with van der Waals surface area (Å²) in [5, 5.41) is 2.82. The lowest BCUT2D eigenvalue weighted by molar-refractivity contribution is 0.0941. The van der Waals surface area contributed by atoms with Crippen LogP contribution in [-0.4, -0.2) is 10.5 Å². The van der Waals surface area contributed by atoms with Crippen LogP contribution in [0.2, 0.25) is 0 Å². The van der Waals surface area contributed by atoms with Gasteiger partial charge in [0.1, 0.15) is 11.5 Å². The molecule has 21 heavy (non-hydrogen) atoms. The van der Waals surface area contributed by atoms with Crippen molar-refractivity contribution in [2.75, 3.05) is 0 Å². The lowest BCUT2D eigenvalue weighted by Gasteiger charge is -2.10. The Morgan fingerprint density at radius 3 is 2.81 bits per heavy atom. The largest absolute Gasteiger partial charge is 0.347 e. The molecule has 0 aliphatic carbocycles. The molecule has 2 rings (SSSR count). The number of benzene rings is 1. The third-order valence-corrected chi connectivity index (χ3v) is 4.21. The van der Waals surface area contributed by atoms with E-state index in [4.69, 9.17) is 0 Å². The van der Waals surface area contributed by atoms with Gasteiger partial charge in [0.15, 0.2) is 0 Å². The first-order valence-electron chi connectivity index (χ1n) is 6.59. The first kappa shape index (κ1) is 16.2. The summed E-state index contributed by atoms with van der Waals surface area (Å²) in [6.45, 7) is 3.10. The fourth-order valence-electron chi connectivity index (χ4n) is 2.04. The van der Waals surface area contributed by atoms with Crippen molar-refractivity contribution in [2.45, 2.75) is 26.4 Å². The molecule has 1 N–H and O–H groups in total. The van der Waals surface area contributed by atoms with Crippen LogP contribution in [-0.2, 0) is 13.1 Å². The minimum Gasteiger partial charge on any atom is -0.347 e. The van der Waals surface area contributed by atoms with Crippen molar-refractivity contribution in [3.63, 3.8) is 0 Å². The average molecular weight is 418 g/mol. The highest BCUT2D eigenvalue weighted by molar-refractivity contribution is 9.10. The summed E-state index contributed by atoms with van der Waals surface area (Å²) in [5.41, 5.74) is 1.30. The van der Waals surface area contributed by atoms with Gasteiger partial charge in [-0.25, -0.2) is 4.39 Å². The van der Waals surface area contributed by atoms with Crippen LogP contribution in [0.5, 0.6) is 0 Å². The van der Waals surface area contributed by atoms with Gasteiger partial charge in [-0.3, -0.25) is 4.79 Å². The average Bonchev–Trinajstić information content (AvgIpc) is 2.81. The van der Waals surface area contributed by atoms with E-state index >= 15 is 0 Å². The van der Waals surface area contributed by atoms with Gasteiger partial charge >= 0.3 is 0 Å². The molecular formula is C15H15Br2FN2O. The standard InChI is InChI=1S/C15H15Br2FN2O/c1-2-5-20-9-11(16)7-14(20)15(21)19-8-10-6-12(18)3-4-13(10)17/h3-4,6-7,9H,2,5,8H2,1H3,(H,19,21). The van der Waals surface area contributed by atoms with Crippen molar-refractivity contribution < 1.29 is 9.18 Å². The highest BCUT2D eigenvalue weighted by atomic mass is 79.9. The first-order valence-corrected chi connectivity index (χ1v) is 8.17. The van der Waals surface area contributed by atoms with E-state index in [0.717, 1.165) is 21.9 Å². The number of hydrogen-bond acceptors (Lipinski definition) is 1. The molecule has 1 heterocycles. The van der Waals surface area contributed by atoms with E-state index in [1.54, 1.807) is 12.1 Å². The normalized spacial score (nSPS) is 10.7. The molecule has 0 spiro atoms. The second kappa shape index (κ2) is 7.22. The molecule has 0 unspecified atom stereocenters. The first-order chi connectivity index (χ1) is 10.0. The third-order valence-electron chi connectivity index (χ3n) is 3.01. The molecule has 0 fully saturated rings. The van der Waals surface area contributed by atoms with Crippen LogP contribution in [0.4, 0.5) is 4.39 Å². The summed E-state index contributed by atoms with van der Waals surface area (Å²) in [6.07, 6.45) is 2.83. The molecular weight excluding hydrogens is 403 g/mol. The van der Waals surface area contributed by atoms with Crippen LogP contribution in [0, 0.1) is 5.82 Å². The van der Waals surface area contributed by atoms with E-state index < -0.39 is 0 Å². The van der Waals surface area contributed by atoms with E-state index in [2.05, 4.69) is 44.1 Å². The maximum absolute atomic E-state index is 13.2. The number of hydrogen-bond donors (Lipinski definition) is 1. The maximum Gasteiger partial charge on any atom is 0.268 e. The lowest BCUT2D eigenvalue weighted by atomic mass is 10.2. The molecule has 0 saturated heterocycles. The highest BCUT2D eigenvalue weighted by Gasteiger charge is 2.13. The van der Waals surface area contributed by atoms with Gasteiger partial charge in [-0.05, 0) is 52.2 Å². The molecule has 0 radical (unpaired) electrons. The summed E-state index contributed by atoms with van der Waals surface area (Å²) in [6, 6.07) is 6.20. The summed E-state index contributed by atoms with van der Waals surface area (Å²) in [4.78, 5) is 12.3. The summed E-state index contributed by atoms with van der Waals surface area (Å²) in [5.74, 6) is -0.495. The third kappa shape index (κ3) is 4.17. The molecule has 6 heteroatoms. The molecule has 3 nitrogen and oxygen atoms in total. The van der Waals surface area contributed by atoms with E-state index in [0.29, 0.717) is 11.3 Å². The number of halogens is 3. The minimum absolute atomic E-state index is 0.176. The van der Waals surface area contributed by atoms with Crippen LogP contribution in [0.15, 0.2) is 39.4 Å². The molecule has 2 aromatic rings. The van der Waals surface area contributed by atoms with Crippen molar-refractivity contribution in [3.05, 3.63) is 56.5 Å². The number of carbonyl (C=O) groups excluding carboxylic acids is 1. The topological polar surface area (TPSA) is 34.0 Å². The molecule has 0 aliphatic rings. The van der Waals surface area contributed by atoms with Gasteiger partial charge in [-0.15, -0.1) is 0 Å². The Bertz CT molecular complexity index is 655. The van der Waals surface area contributed by atoms with Crippen molar-refractivity contribution in [2.24, 2.45) is 0 Å². The Morgan fingerprint density at radius 1 is 1.33 bits per heavy atom. The van der Waals surface area contributed by atoms with Gasteiger partial charge in [0.2, 0.25) is 0 Å². The van der Waals surface area contributed by atoms with Crippen molar-refractivity contribution in [3.8, 4) is 0 Å². The summed E-state index contributed by atoms with van der Waals surface area (Å²) < 4.78 is 16.8. The lowest BCUT2D eigenvalue weighted by Crippen LogP contribution is -2.25. The van der Waals surface area contributed by atoms with E-state index in [1.807, 2.05) is 10.8 Å². The zero-order valence-corrected chi connectivity index (χ0v) is 14.7. The number of nitrogens with zero attached hydrogens (tertiary/aromatic N) is 1. The van der Waals surface area contributed by atoms with Crippen molar-refractivity contribution in [1.29, 1.82) is 0 Å². The Morgan fingerprint density at radius 2 is 2.10 bits per heavy atom. The molecule has 1 aromatic heterocycles. The van der Waals surface area contributed by atoms with Crippen molar-refractivity contribution >= 4 is 37.8 Å². The molecule has 1 aromatic carbocycles. The van der Waals surface area contributed by atoms with Gasteiger partial charge < -0.3 is 9.88 Å². The number of nitrogens with one attached hydrogen (secondary N) is 1. The van der Waals surface area contributed by atoms with Crippen LogP contribution >= 0.6 is 31.9 Å². The Labute approximate surface area is 139 Å². The Hall–Kier alpha value is -1.14. The van der Waals surface area contributed by atoms with E-state index in [-0.39, 0.29) is 18.3 Å². The predicted octanol–water partition coefficient (Wildman–Crippen LogP) is 4.49. The molecule has 0 bridgehead atoms. The molecule has 1 amide bonds. The summed E-state index contributed by atoms with van der Waals surface area (Å²) in [7, 11) is 0. The fraction of sp³-hybridized carbons (Fsp3) is 0.267.